The van der Waals surface area contributed by atoms with Gasteiger partial charge in [0.15, 0.2) is 0 Å². The lowest BCUT2D eigenvalue weighted by molar-refractivity contribution is -0.145. The van der Waals surface area contributed by atoms with Crippen molar-refractivity contribution >= 4 is 62.5 Å². The molecule has 1 saturated heterocycles. The minimum atomic E-state index is -2.55. The van der Waals surface area contributed by atoms with Crippen LogP contribution >= 0.6 is 0 Å². The van der Waals surface area contributed by atoms with Crippen molar-refractivity contribution in [3.05, 3.63) is 404 Å². The van der Waals surface area contributed by atoms with Crippen LogP contribution in [-0.4, -0.2) is 157 Å². The fourth-order valence-corrected chi connectivity index (χ4v) is 16.6. The number of nitrogens with zero attached hydrogens (tertiary/aromatic N) is 6. The summed E-state index contributed by atoms with van der Waals surface area (Å²) in [6.07, 6.45) is 17.1. The molecule has 17 rings (SSSR count). The molecule has 0 saturated carbocycles. The molecule has 29 nitrogen and oxygen atoms in total. The Labute approximate surface area is 853 Å². The molecule has 35 heteroatoms. The van der Waals surface area contributed by atoms with Crippen molar-refractivity contribution in [3.8, 4) is 91.5 Å². The van der Waals surface area contributed by atoms with Crippen molar-refractivity contribution in [3.63, 3.8) is 0 Å². The molecule has 0 spiro atoms. The summed E-state index contributed by atoms with van der Waals surface area (Å²) < 4.78 is 114. The summed E-state index contributed by atoms with van der Waals surface area (Å²) in [5.74, 6) is -1.48. The van der Waals surface area contributed by atoms with Gasteiger partial charge in [-0.2, -0.15) is 4.36 Å². The fraction of sp³-hybridized carbons (Fsp3) is 0.184. The van der Waals surface area contributed by atoms with E-state index >= 15 is 0 Å². The zero-order chi connectivity index (χ0) is 106. The zero-order valence-corrected chi connectivity index (χ0v) is 82.7. The Kier molecular flexibility index (Phi) is 36.2. The lowest BCUT2D eigenvalue weighted by atomic mass is 10.0. The second-order valence-corrected chi connectivity index (χ2v) is 38.1. The number of halogens is 5. The lowest BCUT2D eigenvalue weighted by Gasteiger charge is -2.22. The molecule has 3 amide bonds. The number of aromatic amines is 4. The first-order chi connectivity index (χ1) is 71.5. The molecule has 9 heterocycles. The van der Waals surface area contributed by atoms with E-state index in [1.165, 1.54) is 92.9 Å². The number of Topliss-reactive ketones (excluding diaryl/α,β-unsaturated/α-hetero) is 4. The molecule has 1 fully saturated rings. The first-order valence-electron chi connectivity index (χ1n) is 47.0. The Morgan fingerprint density at radius 3 is 1.06 bits per heavy atom. The second kappa shape index (κ2) is 50.3. The number of carboxylic acids is 1. The lowest BCUT2D eigenvalue weighted by Crippen LogP contribution is -2.41. The van der Waals surface area contributed by atoms with Crippen LogP contribution in [0.1, 0.15) is 121 Å². The third-order valence-electron chi connectivity index (χ3n) is 23.4. The molecular formula is C114H103F5N12O17S. The molecule has 0 unspecified atom stereocenters. The molecule has 8 aromatic heterocycles. The maximum absolute atomic E-state index is 14.6. The van der Waals surface area contributed by atoms with Gasteiger partial charge in [0.2, 0.25) is 0 Å². The highest BCUT2D eigenvalue weighted by molar-refractivity contribution is 7.92. The molecule has 149 heavy (non-hydrogen) atoms. The predicted molar refractivity (Wildman–Crippen MR) is 548 cm³/mol. The molecular weight excluding hydrogens is 1940 g/mol. The third-order valence-corrected chi connectivity index (χ3v) is 24.0. The van der Waals surface area contributed by atoms with E-state index in [-0.39, 0.29) is 143 Å². The zero-order valence-electron chi connectivity index (χ0n) is 81.9. The monoisotopic (exact) mass is 2040 g/mol. The molecule has 0 bridgehead atoms. The van der Waals surface area contributed by atoms with Crippen molar-refractivity contribution in [1.82, 2.24) is 55.6 Å². The fourth-order valence-electron chi connectivity index (χ4n) is 16.1. The number of likely N-dealkylation sites (tertiary alicyclic amines) is 1. The first-order valence-corrected chi connectivity index (χ1v) is 49.3. The number of carboxylic acid groups (broad SMARTS) is 1. The quantitative estimate of drug-likeness (QED) is 0.00782. The van der Waals surface area contributed by atoms with Gasteiger partial charge in [0.05, 0.1) is 74.9 Å². The molecule has 8 N–H and O–H groups in total. The summed E-state index contributed by atoms with van der Waals surface area (Å²) in [5, 5.41) is 20.7. The topological polar surface area (TPSA) is 412 Å². The van der Waals surface area contributed by atoms with Gasteiger partial charge < -0.3 is 54.0 Å². The van der Waals surface area contributed by atoms with Crippen LogP contribution in [0, 0.1) is 56.8 Å². The molecule has 762 valence electrons. The number of hydrogen-bond donors (Lipinski definition) is 8. The van der Waals surface area contributed by atoms with E-state index in [2.05, 4.69) is 49.6 Å². The van der Waals surface area contributed by atoms with Gasteiger partial charge in [0.25, 0.3) is 17.7 Å². The van der Waals surface area contributed by atoms with Gasteiger partial charge >= 0.3 is 11.9 Å². The third kappa shape index (κ3) is 31.2. The van der Waals surface area contributed by atoms with Crippen molar-refractivity contribution in [2.24, 2.45) is 4.36 Å². The summed E-state index contributed by atoms with van der Waals surface area (Å²) in [4.78, 5) is 140. The summed E-state index contributed by atoms with van der Waals surface area (Å²) in [6.45, 7) is 9.18. The van der Waals surface area contributed by atoms with Crippen LogP contribution < -0.4 is 29.7 Å². The van der Waals surface area contributed by atoms with Gasteiger partial charge in [-0.25, -0.2) is 36.4 Å². The van der Waals surface area contributed by atoms with Gasteiger partial charge in [-0.15, -0.1) is 0 Å². The molecule has 1 atom stereocenters. The van der Waals surface area contributed by atoms with E-state index < -0.39 is 39.1 Å². The Morgan fingerprint density at radius 1 is 0.389 bits per heavy atom. The number of esters is 1. The molecule has 0 radical (unpaired) electrons. The van der Waals surface area contributed by atoms with Gasteiger partial charge in [0.1, 0.15) is 104 Å². The Balaban J connectivity index is 0.000000157. The van der Waals surface area contributed by atoms with Crippen LogP contribution in [0.3, 0.4) is 0 Å². The minimum absolute atomic E-state index is 0.0432. The number of amides is 3. The molecule has 1 aliphatic heterocycles. The van der Waals surface area contributed by atoms with Gasteiger partial charge in [-0.3, -0.25) is 68.4 Å². The van der Waals surface area contributed by atoms with Gasteiger partial charge in [0, 0.05) is 167 Å². The number of methoxy groups -OCH3 is 1. The number of aromatic nitrogens is 8. The number of ketones is 4. The maximum atomic E-state index is 14.6. The number of aryl methyl sites for hydroxylation is 4. The average molecular weight is 2040 g/mol. The first kappa shape index (κ1) is 107. The molecule has 0 aliphatic carbocycles. The molecule has 16 aromatic rings. The smallest absolute Gasteiger partial charge is 0.337 e. The number of aromatic carboxylic acids is 1. The van der Waals surface area contributed by atoms with E-state index in [4.69, 9.17) is 34.0 Å². The highest BCUT2D eigenvalue weighted by atomic mass is 32.2. The van der Waals surface area contributed by atoms with E-state index in [0.29, 0.717) is 121 Å². The number of hydroxylamine groups is 1. The number of nitrogens with one attached hydrogen (secondary N) is 6. The van der Waals surface area contributed by atoms with Crippen LogP contribution in [0.4, 0.5) is 22.0 Å². The Morgan fingerprint density at radius 2 is 0.711 bits per heavy atom. The van der Waals surface area contributed by atoms with Crippen LogP contribution in [-0.2, 0) is 89.8 Å². The van der Waals surface area contributed by atoms with Crippen LogP contribution in [0.15, 0.2) is 291 Å². The standard InChI is InChI=1S/C34H35FN4O5.C28H26FN3O4S.C26H20F2N2O4.C26H22FN3O4/c1-22-5-10-29(35)24(16-22)18-26(40)17-23-6-8-27(9-7-23)44-28-11-12-36-31(20-28)30-19-25(21-38-30)33(41)37-13-15-39-14-3-4-32(39)34(42)43-2;1-18-4-9-25(29)20(12-18)14-22(33)13-19-5-7-23(8-6-19)36-24-10-11-30-27(16-24)26-15-21(17-31-26)28(34)32-37(2,3)35;1-15-2-5-22(27)17(8-15)10-19(31)9-16-3-4-20(12-23(16)28)34-21-6-7-29-25(13-21)24-11-18(14-30-24)26(32)33;1-16-2-7-23(27)18(10-16)12-20(31)11-17-3-5-21(6-4-17)34-22-8-9-28-25(14-22)24-13-19(15-29-24)26(32)30-33/h5-12,16,19-21,32,38H,3-4,13-15,17-18H2,1-2H3,(H,37,41);4-12,15-17,31H,13-14H2,1-3H3;2-8,11-14,30H,9-10H2,1H3,(H,32,33);2-10,13-15,29,33H,11-12H2,1H3,(H,30,32)/t32-;;;/m0.../s1. The van der Waals surface area contributed by atoms with Crippen molar-refractivity contribution < 1.29 is 103 Å². The number of carbonyl (C=O) groups excluding carboxylic acids is 8. The van der Waals surface area contributed by atoms with Crippen molar-refractivity contribution in [2.75, 3.05) is 39.3 Å². The van der Waals surface area contributed by atoms with Crippen molar-refractivity contribution in [2.45, 2.75) is 97.9 Å². The Bertz CT molecular complexity index is 7720. The average Bonchev–Trinajstić information content (AvgIpc) is 1.73. The summed E-state index contributed by atoms with van der Waals surface area (Å²) in [6, 6.07) is 64.0. The number of benzene rings is 8. The SMILES string of the molecule is COC(=O)[C@@H]1CCCN1CCNC(=O)c1c[nH]c(-c2cc(Oc3ccc(CC(=O)Cc4cc(C)ccc4F)cc3)ccn2)c1.Cc1ccc(F)c(CC(=O)Cc2ccc(Oc3ccnc(-c4cc(C(=O)N=S(C)(C)=O)c[nH]4)c3)cc2)c1.Cc1ccc(F)c(CC(=O)Cc2ccc(Oc3ccnc(-c4cc(C(=O)NO)c[nH]4)c3)cc2)c1.Cc1ccc(F)c(CC(=O)Cc2ccc(Oc3ccnc(-c4cc(C(=O)O)c[nH]4)c3)cc2F)c1. The highest BCUT2D eigenvalue weighted by Crippen LogP contribution is 2.34. The van der Waals surface area contributed by atoms with Crippen LogP contribution in [0.25, 0.3) is 45.6 Å². The van der Waals surface area contributed by atoms with E-state index in [1.807, 2.05) is 44.7 Å². The van der Waals surface area contributed by atoms with Crippen LogP contribution in [0.5, 0.6) is 46.0 Å². The number of pyridine rings is 4. The predicted octanol–water partition coefficient (Wildman–Crippen LogP) is 20.9. The number of H-pyrrole nitrogens is 4. The number of carbonyl (C=O) groups is 9. The molecule has 1 aliphatic rings. The van der Waals surface area contributed by atoms with E-state index in [0.717, 1.165) is 58.3 Å². The van der Waals surface area contributed by atoms with Crippen LogP contribution in [0.2, 0.25) is 0 Å². The van der Waals surface area contributed by atoms with Gasteiger partial charge in [-0.05, 0) is 207 Å². The van der Waals surface area contributed by atoms with E-state index in [1.54, 1.807) is 206 Å². The number of hydrogen-bond acceptors (Lipinski definition) is 21. The minimum Gasteiger partial charge on any atom is -0.478 e. The second-order valence-electron chi connectivity index (χ2n) is 35.6. The van der Waals surface area contributed by atoms with E-state index in [9.17, 15) is 69.3 Å². The normalized spacial score (nSPS) is 12.0. The number of rotatable bonds is 36. The Hall–Kier alpha value is -17.6. The van der Waals surface area contributed by atoms with Gasteiger partial charge in [-0.1, -0.05) is 113 Å². The summed E-state index contributed by atoms with van der Waals surface area (Å²) >= 11 is 0. The molecule has 8 aromatic carbocycles. The largest absolute Gasteiger partial charge is 0.478 e. The highest BCUT2D eigenvalue weighted by Gasteiger charge is 2.32. The summed E-state index contributed by atoms with van der Waals surface area (Å²) in [5.41, 5.74) is 14.9. The van der Waals surface area contributed by atoms with Crippen molar-refractivity contribution in [1.29, 1.82) is 0 Å². The maximum Gasteiger partial charge on any atom is 0.337 e. The number of ether oxygens (including phenoxy) is 5. The summed E-state index contributed by atoms with van der Waals surface area (Å²) in [7, 11) is -1.16.